The van der Waals surface area contributed by atoms with Gasteiger partial charge in [0.15, 0.2) is 5.15 Å². The zero-order chi connectivity index (χ0) is 20.4. The molecule has 0 aliphatic heterocycles. The standard InChI is InChI=1S/C20H28ClN3O4/c1-20(2,14-28-19-9-8-18(21)23-24-19)22-12-16(25)13-27-17-7-5-4-6-15(17)10-11-26-3/h4-9,16,22,25H,10-14H2,1-3H3. The van der Waals surface area contributed by atoms with Crippen LogP contribution in [0.4, 0.5) is 0 Å². The Bertz CT molecular complexity index is 713. The summed E-state index contributed by atoms with van der Waals surface area (Å²) in [5, 5.41) is 21.5. The first-order valence-electron chi connectivity index (χ1n) is 9.14. The number of rotatable bonds is 12. The van der Waals surface area contributed by atoms with E-state index in [1.807, 2.05) is 38.1 Å². The maximum absolute atomic E-state index is 10.3. The predicted octanol–water partition coefficient (Wildman–Crippen LogP) is 2.51. The minimum atomic E-state index is -0.662. The molecule has 0 aliphatic rings. The maximum Gasteiger partial charge on any atom is 0.233 e. The van der Waals surface area contributed by atoms with E-state index in [1.165, 1.54) is 0 Å². The summed E-state index contributed by atoms with van der Waals surface area (Å²) in [6.45, 7) is 5.49. The molecular formula is C20H28ClN3O4. The van der Waals surface area contributed by atoms with Gasteiger partial charge in [0.1, 0.15) is 25.1 Å². The lowest BCUT2D eigenvalue weighted by atomic mass is 10.1. The summed E-state index contributed by atoms with van der Waals surface area (Å²) in [5.74, 6) is 1.17. The van der Waals surface area contributed by atoms with Gasteiger partial charge < -0.3 is 24.6 Å². The third-order valence-electron chi connectivity index (χ3n) is 3.98. The van der Waals surface area contributed by atoms with Gasteiger partial charge in [0.2, 0.25) is 5.88 Å². The van der Waals surface area contributed by atoms with Crippen LogP contribution in [-0.4, -0.2) is 60.4 Å². The van der Waals surface area contributed by atoms with Gasteiger partial charge in [-0.2, -0.15) is 0 Å². The monoisotopic (exact) mass is 409 g/mol. The number of halogens is 1. The van der Waals surface area contributed by atoms with Crippen LogP contribution in [0.5, 0.6) is 11.6 Å². The summed E-state index contributed by atoms with van der Waals surface area (Å²) in [6, 6.07) is 11.1. The normalized spacial score (nSPS) is 12.6. The molecule has 2 N–H and O–H groups in total. The number of benzene rings is 1. The molecule has 1 unspecified atom stereocenters. The molecule has 0 bridgehead atoms. The Balaban J connectivity index is 1.75. The highest BCUT2D eigenvalue weighted by atomic mass is 35.5. The molecule has 0 radical (unpaired) electrons. The van der Waals surface area contributed by atoms with E-state index in [1.54, 1.807) is 19.2 Å². The second kappa shape index (κ2) is 11.2. The molecule has 2 rings (SSSR count). The second-order valence-corrected chi connectivity index (χ2v) is 7.45. The zero-order valence-electron chi connectivity index (χ0n) is 16.5. The van der Waals surface area contributed by atoms with Crippen LogP contribution in [-0.2, 0) is 11.2 Å². The van der Waals surface area contributed by atoms with Crippen LogP contribution < -0.4 is 14.8 Å². The SMILES string of the molecule is COCCc1ccccc1OCC(O)CNC(C)(C)COc1ccc(Cl)nn1. The van der Waals surface area contributed by atoms with Gasteiger partial charge in [-0.05, 0) is 38.0 Å². The van der Waals surface area contributed by atoms with Crippen molar-refractivity contribution in [2.45, 2.75) is 31.9 Å². The van der Waals surface area contributed by atoms with Crippen molar-refractivity contribution < 1.29 is 19.3 Å². The number of aromatic nitrogens is 2. The van der Waals surface area contributed by atoms with Crippen molar-refractivity contribution in [2.75, 3.05) is 33.5 Å². The Morgan fingerprint density at radius 3 is 2.64 bits per heavy atom. The summed E-state index contributed by atoms with van der Waals surface area (Å²) in [7, 11) is 1.67. The quantitative estimate of drug-likeness (QED) is 0.557. The molecule has 154 valence electrons. The van der Waals surface area contributed by atoms with Gasteiger partial charge in [0.25, 0.3) is 0 Å². The summed E-state index contributed by atoms with van der Waals surface area (Å²) in [4.78, 5) is 0. The van der Waals surface area contributed by atoms with Gasteiger partial charge in [-0.3, -0.25) is 0 Å². The number of hydrogen-bond donors (Lipinski definition) is 2. The summed E-state index contributed by atoms with van der Waals surface area (Å²) in [5.41, 5.74) is 0.681. The minimum Gasteiger partial charge on any atom is -0.491 e. The highest BCUT2D eigenvalue weighted by molar-refractivity contribution is 6.29. The van der Waals surface area contributed by atoms with Crippen molar-refractivity contribution >= 4 is 11.6 Å². The number of aliphatic hydroxyl groups excluding tert-OH is 1. The van der Waals surface area contributed by atoms with Gasteiger partial charge in [-0.25, -0.2) is 0 Å². The first kappa shape index (κ1) is 22.4. The van der Waals surface area contributed by atoms with Gasteiger partial charge in [0, 0.05) is 25.3 Å². The van der Waals surface area contributed by atoms with Crippen molar-refractivity contribution in [3.63, 3.8) is 0 Å². The molecule has 0 saturated heterocycles. The number of aliphatic hydroxyl groups is 1. The topological polar surface area (TPSA) is 85.7 Å². The van der Waals surface area contributed by atoms with Gasteiger partial charge in [-0.15, -0.1) is 10.2 Å². The number of hydrogen-bond acceptors (Lipinski definition) is 7. The first-order valence-corrected chi connectivity index (χ1v) is 9.52. The molecule has 28 heavy (non-hydrogen) atoms. The van der Waals surface area contributed by atoms with Crippen LogP contribution in [0, 0.1) is 0 Å². The molecule has 0 fully saturated rings. The average Bonchev–Trinajstić information content (AvgIpc) is 2.69. The third-order valence-corrected chi connectivity index (χ3v) is 4.19. The van der Waals surface area contributed by atoms with Crippen LogP contribution in [0.25, 0.3) is 0 Å². The largest absolute Gasteiger partial charge is 0.491 e. The molecule has 8 heteroatoms. The Morgan fingerprint density at radius 1 is 1.14 bits per heavy atom. The number of methoxy groups -OCH3 is 1. The van der Waals surface area contributed by atoms with Crippen molar-refractivity contribution in [3.8, 4) is 11.6 Å². The summed E-state index contributed by atoms with van der Waals surface area (Å²) >= 11 is 5.71. The molecule has 1 atom stereocenters. The molecule has 0 aliphatic carbocycles. The molecule has 0 saturated carbocycles. The molecule has 7 nitrogen and oxygen atoms in total. The first-order chi connectivity index (χ1) is 13.4. The van der Waals surface area contributed by atoms with E-state index < -0.39 is 6.10 Å². The Hall–Kier alpha value is -1.93. The minimum absolute atomic E-state index is 0.191. The van der Waals surface area contributed by atoms with E-state index in [-0.39, 0.29) is 12.1 Å². The number of para-hydroxylation sites is 1. The fraction of sp³-hybridized carbons (Fsp3) is 0.500. The molecule has 2 aromatic rings. The number of β-amino-alcohol motifs (C(OH)–C–C–N with tert-alkyl or cyclic N) is 1. The van der Waals surface area contributed by atoms with E-state index in [0.29, 0.717) is 30.8 Å². The predicted molar refractivity (Wildman–Crippen MR) is 108 cm³/mol. The van der Waals surface area contributed by atoms with Crippen LogP contribution in [0.2, 0.25) is 5.15 Å². The van der Waals surface area contributed by atoms with Crippen LogP contribution in [0.15, 0.2) is 36.4 Å². The highest BCUT2D eigenvalue weighted by Gasteiger charge is 2.20. The molecule has 1 aromatic heterocycles. The molecule has 0 spiro atoms. The fourth-order valence-electron chi connectivity index (χ4n) is 2.39. The third kappa shape index (κ3) is 7.98. The zero-order valence-corrected chi connectivity index (χ0v) is 17.3. The van der Waals surface area contributed by atoms with E-state index >= 15 is 0 Å². The smallest absolute Gasteiger partial charge is 0.233 e. The van der Waals surface area contributed by atoms with Crippen molar-refractivity contribution in [1.82, 2.24) is 15.5 Å². The van der Waals surface area contributed by atoms with E-state index in [9.17, 15) is 5.11 Å². The number of ether oxygens (including phenoxy) is 3. The number of nitrogens with one attached hydrogen (secondary N) is 1. The van der Waals surface area contributed by atoms with E-state index in [2.05, 4.69) is 15.5 Å². The lowest BCUT2D eigenvalue weighted by molar-refractivity contribution is 0.0916. The Labute approximate surface area is 171 Å². The summed E-state index contributed by atoms with van der Waals surface area (Å²) < 4.78 is 16.5. The van der Waals surface area contributed by atoms with Crippen LogP contribution in [0.1, 0.15) is 19.4 Å². The van der Waals surface area contributed by atoms with Crippen LogP contribution >= 0.6 is 11.6 Å². The average molecular weight is 410 g/mol. The Morgan fingerprint density at radius 2 is 1.93 bits per heavy atom. The summed E-state index contributed by atoms with van der Waals surface area (Å²) in [6.07, 6.45) is 0.101. The molecule has 1 heterocycles. The maximum atomic E-state index is 10.3. The molecule has 0 amide bonds. The van der Waals surface area contributed by atoms with Gasteiger partial charge in [0.05, 0.1) is 6.61 Å². The number of nitrogens with zero attached hydrogens (tertiary/aromatic N) is 2. The van der Waals surface area contributed by atoms with E-state index in [4.69, 9.17) is 25.8 Å². The van der Waals surface area contributed by atoms with Crippen molar-refractivity contribution in [2.24, 2.45) is 0 Å². The lowest BCUT2D eigenvalue weighted by Crippen LogP contribution is -2.48. The van der Waals surface area contributed by atoms with Gasteiger partial charge >= 0.3 is 0 Å². The molecule has 1 aromatic carbocycles. The van der Waals surface area contributed by atoms with Crippen LogP contribution in [0.3, 0.4) is 0 Å². The lowest BCUT2D eigenvalue weighted by Gasteiger charge is -2.27. The van der Waals surface area contributed by atoms with E-state index in [0.717, 1.165) is 17.7 Å². The fourth-order valence-corrected chi connectivity index (χ4v) is 2.49. The molecular weight excluding hydrogens is 382 g/mol. The Kier molecular flexibility index (Phi) is 8.92. The second-order valence-electron chi connectivity index (χ2n) is 7.06. The van der Waals surface area contributed by atoms with Gasteiger partial charge in [-0.1, -0.05) is 29.8 Å². The van der Waals surface area contributed by atoms with Crippen molar-refractivity contribution in [1.29, 1.82) is 0 Å². The highest BCUT2D eigenvalue weighted by Crippen LogP contribution is 2.19. The van der Waals surface area contributed by atoms with Crippen molar-refractivity contribution in [3.05, 3.63) is 47.1 Å².